The summed E-state index contributed by atoms with van der Waals surface area (Å²) in [5.41, 5.74) is 5.39. The molecule has 7 heteroatoms. The number of fused-ring (bicyclic) bond motifs is 1. The van der Waals surface area contributed by atoms with Gasteiger partial charge < -0.3 is 10.3 Å². The molecule has 0 bridgehead atoms. The second kappa shape index (κ2) is 4.04. The molecule has 0 radical (unpaired) electrons. The van der Waals surface area contributed by atoms with Crippen LogP contribution < -0.4 is 5.73 Å². The molecule has 0 saturated heterocycles. The van der Waals surface area contributed by atoms with Gasteiger partial charge in [-0.05, 0) is 13.0 Å². The van der Waals surface area contributed by atoms with Crippen molar-refractivity contribution in [2.24, 2.45) is 11.7 Å². The molecule has 1 aliphatic heterocycles. The van der Waals surface area contributed by atoms with E-state index in [2.05, 4.69) is 10.2 Å². The Bertz CT molecular complexity index is 371. The number of hydrogen-bond donors (Lipinski definition) is 1. The first kappa shape index (κ1) is 11.4. The summed E-state index contributed by atoms with van der Waals surface area (Å²) in [6.45, 7) is 0.767. The van der Waals surface area contributed by atoms with Crippen LogP contribution in [0.15, 0.2) is 0 Å². The van der Waals surface area contributed by atoms with Crippen molar-refractivity contribution in [2.45, 2.75) is 32.0 Å². The highest BCUT2D eigenvalue weighted by Crippen LogP contribution is 2.34. The van der Waals surface area contributed by atoms with E-state index in [4.69, 9.17) is 5.73 Å². The van der Waals surface area contributed by atoms with Crippen LogP contribution in [0.3, 0.4) is 0 Å². The van der Waals surface area contributed by atoms with Crippen molar-refractivity contribution in [3.63, 3.8) is 0 Å². The van der Waals surface area contributed by atoms with Crippen LogP contribution >= 0.6 is 0 Å². The quantitative estimate of drug-likeness (QED) is 0.827. The average molecular weight is 234 g/mol. The second-order valence-corrected chi connectivity index (χ2v) is 3.95. The van der Waals surface area contributed by atoms with E-state index in [1.165, 1.54) is 0 Å². The molecule has 0 spiro atoms. The van der Waals surface area contributed by atoms with E-state index in [9.17, 15) is 13.2 Å². The first-order valence-corrected chi connectivity index (χ1v) is 5.20. The fourth-order valence-electron chi connectivity index (χ4n) is 1.98. The highest BCUT2D eigenvalue weighted by molar-refractivity contribution is 5.01. The minimum Gasteiger partial charge on any atom is -0.330 e. The Labute approximate surface area is 90.6 Å². The van der Waals surface area contributed by atoms with Gasteiger partial charge in [0.25, 0.3) is 0 Å². The smallest absolute Gasteiger partial charge is 0.330 e. The fraction of sp³-hybridized carbons (Fsp3) is 0.778. The van der Waals surface area contributed by atoms with E-state index in [-0.39, 0.29) is 12.8 Å². The monoisotopic (exact) mass is 234 g/mol. The summed E-state index contributed by atoms with van der Waals surface area (Å²) in [5.74, 6) is -0.162. The van der Waals surface area contributed by atoms with Crippen molar-refractivity contribution in [1.82, 2.24) is 14.8 Å². The molecule has 1 unspecified atom stereocenters. The van der Waals surface area contributed by atoms with Gasteiger partial charge in [-0.1, -0.05) is 0 Å². The van der Waals surface area contributed by atoms with Crippen LogP contribution in [-0.2, 0) is 19.4 Å². The first-order chi connectivity index (χ1) is 7.52. The maximum absolute atomic E-state index is 12.5. The first-order valence-electron chi connectivity index (χ1n) is 5.20. The number of hydrogen-bond acceptors (Lipinski definition) is 3. The summed E-state index contributed by atoms with van der Waals surface area (Å²) in [4.78, 5) is 0. The third kappa shape index (κ3) is 2.04. The Morgan fingerprint density at radius 2 is 2.12 bits per heavy atom. The summed E-state index contributed by atoms with van der Waals surface area (Å²) >= 11 is 0. The predicted molar refractivity (Wildman–Crippen MR) is 50.6 cm³/mol. The minimum atomic E-state index is -4.13. The number of alkyl halides is 3. The van der Waals surface area contributed by atoms with Gasteiger partial charge in [0.1, 0.15) is 11.6 Å². The number of halogens is 3. The lowest BCUT2D eigenvalue weighted by molar-refractivity contribution is -0.179. The van der Waals surface area contributed by atoms with Crippen LogP contribution in [0.25, 0.3) is 0 Å². The molecule has 90 valence electrons. The number of nitrogens with two attached hydrogens (primary N) is 1. The minimum absolute atomic E-state index is 0.0684. The molecule has 4 nitrogen and oxygen atoms in total. The maximum Gasteiger partial charge on any atom is 0.392 e. The van der Waals surface area contributed by atoms with Crippen molar-refractivity contribution in [3.05, 3.63) is 11.6 Å². The highest BCUT2D eigenvalue weighted by Gasteiger charge is 2.42. The average Bonchev–Trinajstić information content (AvgIpc) is 2.60. The molecule has 1 aromatic heterocycles. The fourth-order valence-corrected chi connectivity index (χ4v) is 1.98. The molecule has 1 aliphatic rings. The maximum atomic E-state index is 12.5. The van der Waals surface area contributed by atoms with Gasteiger partial charge in [0.2, 0.25) is 0 Å². The molecule has 2 heterocycles. The van der Waals surface area contributed by atoms with E-state index in [1.807, 2.05) is 0 Å². The standard InChI is InChI=1S/C9H13F3N4/c10-9(11,12)6-2-4-16-7(1-3-13)14-15-8(16)5-6/h6H,1-5,13H2. The van der Waals surface area contributed by atoms with Crippen LogP contribution in [0, 0.1) is 5.92 Å². The molecule has 2 rings (SSSR count). The van der Waals surface area contributed by atoms with Crippen LogP contribution in [-0.4, -0.2) is 27.5 Å². The summed E-state index contributed by atoms with van der Waals surface area (Å²) in [6.07, 6.45) is -3.54. The van der Waals surface area contributed by atoms with Crippen molar-refractivity contribution in [3.8, 4) is 0 Å². The Balaban J connectivity index is 2.17. The Kier molecular flexibility index (Phi) is 2.88. The Morgan fingerprint density at radius 1 is 1.38 bits per heavy atom. The van der Waals surface area contributed by atoms with Crippen molar-refractivity contribution < 1.29 is 13.2 Å². The number of rotatable bonds is 2. The third-order valence-corrected chi connectivity index (χ3v) is 2.87. The van der Waals surface area contributed by atoms with E-state index >= 15 is 0 Å². The van der Waals surface area contributed by atoms with Crippen LogP contribution in [0.2, 0.25) is 0 Å². The summed E-state index contributed by atoms with van der Waals surface area (Å²) < 4.78 is 39.3. The molecule has 0 saturated carbocycles. The van der Waals surface area contributed by atoms with E-state index < -0.39 is 12.1 Å². The Morgan fingerprint density at radius 3 is 2.75 bits per heavy atom. The van der Waals surface area contributed by atoms with Gasteiger partial charge in [-0.3, -0.25) is 0 Å². The van der Waals surface area contributed by atoms with Gasteiger partial charge in [-0.15, -0.1) is 10.2 Å². The molecule has 1 aromatic rings. The lowest BCUT2D eigenvalue weighted by Crippen LogP contribution is -2.31. The largest absolute Gasteiger partial charge is 0.392 e. The SMILES string of the molecule is NCCc1nnc2n1CCC(C(F)(F)F)C2. The predicted octanol–water partition coefficient (Wildman–Crippen LogP) is 0.904. The van der Waals surface area contributed by atoms with Gasteiger partial charge in [0, 0.05) is 19.4 Å². The van der Waals surface area contributed by atoms with Crippen LogP contribution in [0.1, 0.15) is 18.1 Å². The molecule has 2 N–H and O–H groups in total. The molecule has 16 heavy (non-hydrogen) atoms. The normalized spacial score (nSPS) is 20.9. The topological polar surface area (TPSA) is 56.7 Å². The van der Waals surface area contributed by atoms with Crippen molar-refractivity contribution in [1.29, 1.82) is 0 Å². The highest BCUT2D eigenvalue weighted by atomic mass is 19.4. The molecule has 1 atom stereocenters. The van der Waals surface area contributed by atoms with E-state index in [1.54, 1.807) is 4.57 Å². The number of aromatic nitrogens is 3. The molecular formula is C9H13F3N4. The number of nitrogens with zero attached hydrogens (tertiary/aromatic N) is 3. The van der Waals surface area contributed by atoms with Gasteiger partial charge in [0.05, 0.1) is 5.92 Å². The second-order valence-electron chi connectivity index (χ2n) is 3.95. The molecule has 0 amide bonds. The Hall–Kier alpha value is -1.11. The van der Waals surface area contributed by atoms with Crippen molar-refractivity contribution >= 4 is 0 Å². The van der Waals surface area contributed by atoms with Crippen LogP contribution in [0.4, 0.5) is 13.2 Å². The zero-order valence-corrected chi connectivity index (χ0v) is 8.67. The van der Waals surface area contributed by atoms with E-state index in [0.29, 0.717) is 31.2 Å². The summed E-state index contributed by atoms with van der Waals surface area (Å²) in [6, 6.07) is 0. The zero-order chi connectivity index (χ0) is 11.8. The third-order valence-electron chi connectivity index (χ3n) is 2.87. The zero-order valence-electron chi connectivity index (χ0n) is 8.67. The summed E-state index contributed by atoms with van der Waals surface area (Å²) in [5, 5.41) is 7.67. The van der Waals surface area contributed by atoms with Crippen LogP contribution in [0.5, 0.6) is 0 Å². The molecule has 0 fully saturated rings. The lowest BCUT2D eigenvalue weighted by atomic mass is 9.97. The lowest BCUT2D eigenvalue weighted by Gasteiger charge is -2.25. The molecule has 0 aromatic carbocycles. The molecule has 0 aliphatic carbocycles. The van der Waals surface area contributed by atoms with Gasteiger partial charge >= 0.3 is 6.18 Å². The molecular weight excluding hydrogens is 221 g/mol. The van der Waals surface area contributed by atoms with E-state index in [0.717, 1.165) is 0 Å². The van der Waals surface area contributed by atoms with Gasteiger partial charge in [-0.2, -0.15) is 13.2 Å². The van der Waals surface area contributed by atoms with Crippen molar-refractivity contribution in [2.75, 3.05) is 6.54 Å². The van der Waals surface area contributed by atoms with Gasteiger partial charge in [-0.25, -0.2) is 0 Å². The van der Waals surface area contributed by atoms with Gasteiger partial charge in [0.15, 0.2) is 0 Å². The summed E-state index contributed by atoms with van der Waals surface area (Å²) in [7, 11) is 0.